The van der Waals surface area contributed by atoms with Crippen molar-refractivity contribution >= 4 is 35.0 Å². The molecule has 0 saturated carbocycles. The lowest BCUT2D eigenvalue weighted by Gasteiger charge is -2.08. The number of carbonyl (C=O) groups is 2. The summed E-state index contributed by atoms with van der Waals surface area (Å²) in [5.41, 5.74) is 0.157. The molecule has 0 aliphatic carbocycles. The molecule has 9 heteroatoms. The van der Waals surface area contributed by atoms with Crippen molar-refractivity contribution in [1.29, 1.82) is 0 Å². The lowest BCUT2D eigenvalue weighted by atomic mass is 10.2. The lowest BCUT2D eigenvalue weighted by molar-refractivity contribution is -0.384. The number of hydrogen-bond acceptors (Lipinski definition) is 5. The molecule has 0 fully saturated rings. The lowest BCUT2D eigenvalue weighted by Crippen LogP contribution is -2.17. The zero-order valence-electron chi connectivity index (χ0n) is 11.4. The summed E-state index contributed by atoms with van der Waals surface area (Å²) in [4.78, 5) is 32.6. The SMILES string of the molecule is O=C(Nc1ccc(C(=O)[OH2+])cc1Cl)Oc1ccc([N+](=O)[O-])cc1. The van der Waals surface area contributed by atoms with Crippen molar-refractivity contribution in [3.05, 3.63) is 63.2 Å². The highest BCUT2D eigenvalue weighted by Gasteiger charge is 2.15. The molecule has 0 aliphatic rings. The molecular weight excluding hydrogens is 328 g/mol. The van der Waals surface area contributed by atoms with Crippen LogP contribution >= 0.6 is 11.6 Å². The van der Waals surface area contributed by atoms with Gasteiger partial charge < -0.3 is 9.84 Å². The number of nitro benzene ring substituents is 1. The Labute approximate surface area is 134 Å². The van der Waals surface area contributed by atoms with Crippen LogP contribution in [-0.4, -0.2) is 22.1 Å². The Hall–Kier alpha value is -3.13. The third-order valence-electron chi connectivity index (χ3n) is 2.73. The van der Waals surface area contributed by atoms with Gasteiger partial charge in [-0.15, -0.1) is 0 Å². The highest BCUT2D eigenvalue weighted by molar-refractivity contribution is 6.34. The number of amides is 1. The minimum atomic E-state index is -0.896. The van der Waals surface area contributed by atoms with Crippen molar-refractivity contribution in [2.75, 3.05) is 5.32 Å². The number of nitrogens with one attached hydrogen (secondary N) is 1. The predicted molar refractivity (Wildman–Crippen MR) is 82.1 cm³/mol. The van der Waals surface area contributed by atoms with E-state index in [1.165, 1.54) is 42.5 Å². The van der Waals surface area contributed by atoms with Gasteiger partial charge in [0.25, 0.3) is 5.69 Å². The van der Waals surface area contributed by atoms with Gasteiger partial charge in [0.2, 0.25) is 0 Å². The zero-order valence-corrected chi connectivity index (χ0v) is 12.2. The van der Waals surface area contributed by atoms with E-state index in [4.69, 9.17) is 21.4 Å². The maximum atomic E-state index is 11.7. The van der Waals surface area contributed by atoms with E-state index in [1.807, 2.05) is 0 Å². The Morgan fingerprint density at radius 2 is 1.83 bits per heavy atom. The first-order valence-corrected chi connectivity index (χ1v) is 6.53. The molecule has 0 aliphatic heterocycles. The molecule has 2 aromatic carbocycles. The second kappa shape index (κ2) is 6.75. The number of anilines is 1. The summed E-state index contributed by atoms with van der Waals surface area (Å²) in [6.07, 6.45) is -0.856. The molecule has 23 heavy (non-hydrogen) atoms. The van der Waals surface area contributed by atoms with Crippen molar-refractivity contribution in [2.24, 2.45) is 0 Å². The van der Waals surface area contributed by atoms with Crippen LogP contribution in [0.4, 0.5) is 16.2 Å². The smallest absolute Gasteiger partial charge is 0.549 e. The summed E-state index contributed by atoms with van der Waals surface area (Å²) < 4.78 is 4.95. The summed E-state index contributed by atoms with van der Waals surface area (Å²) in [6, 6.07) is 8.90. The van der Waals surface area contributed by atoms with E-state index in [-0.39, 0.29) is 27.7 Å². The average molecular weight is 338 g/mol. The van der Waals surface area contributed by atoms with Gasteiger partial charge in [-0.1, -0.05) is 11.6 Å². The Morgan fingerprint density at radius 1 is 1.17 bits per heavy atom. The topological polar surface area (TPSA) is 121 Å². The van der Waals surface area contributed by atoms with Gasteiger partial charge in [0.05, 0.1) is 15.6 Å². The molecule has 0 unspecified atom stereocenters. The molecule has 8 nitrogen and oxygen atoms in total. The number of rotatable bonds is 4. The van der Waals surface area contributed by atoms with Gasteiger partial charge in [-0.3, -0.25) is 15.4 Å². The van der Waals surface area contributed by atoms with Crippen LogP contribution in [0.1, 0.15) is 10.4 Å². The van der Waals surface area contributed by atoms with E-state index in [2.05, 4.69) is 5.32 Å². The number of halogens is 1. The average Bonchev–Trinajstić information content (AvgIpc) is 2.49. The molecule has 0 bridgehead atoms. The number of non-ortho nitro benzene ring substituents is 1. The maximum Gasteiger partial charge on any atom is 0.549 e. The molecule has 1 amide bonds. The summed E-state index contributed by atoms with van der Waals surface area (Å²) >= 11 is 5.90. The van der Waals surface area contributed by atoms with E-state index < -0.39 is 17.0 Å². The number of ether oxygens (including phenoxy) is 1. The summed E-state index contributed by atoms with van der Waals surface area (Å²) in [5, 5.41) is 19.9. The van der Waals surface area contributed by atoms with Crippen LogP contribution in [-0.2, 0) is 0 Å². The third kappa shape index (κ3) is 4.17. The zero-order chi connectivity index (χ0) is 17.0. The summed E-state index contributed by atoms with van der Waals surface area (Å²) in [5.74, 6) is -0.783. The Morgan fingerprint density at radius 3 is 2.35 bits per heavy atom. The Bertz CT molecular complexity index is 775. The second-order valence-electron chi connectivity index (χ2n) is 4.29. The van der Waals surface area contributed by atoms with Gasteiger partial charge in [0, 0.05) is 16.9 Å². The van der Waals surface area contributed by atoms with E-state index in [1.54, 1.807) is 0 Å². The molecule has 118 valence electrons. The first kappa shape index (κ1) is 16.2. The predicted octanol–water partition coefficient (Wildman–Crippen LogP) is 2.72. The number of nitrogens with zero attached hydrogens (tertiary/aromatic N) is 1. The molecule has 2 aromatic rings. The van der Waals surface area contributed by atoms with E-state index in [0.717, 1.165) is 0 Å². The fourth-order valence-corrected chi connectivity index (χ4v) is 1.86. The fraction of sp³-hybridized carbons (Fsp3) is 0. The van der Waals surface area contributed by atoms with Crippen LogP contribution < -0.4 is 10.1 Å². The number of nitro groups is 1. The maximum absolute atomic E-state index is 11.7. The molecular formula is C14H10ClN2O6+. The Kier molecular flexibility index (Phi) is 4.77. The van der Waals surface area contributed by atoms with Crippen LogP contribution in [0.2, 0.25) is 5.02 Å². The highest BCUT2D eigenvalue weighted by atomic mass is 35.5. The van der Waals surface area contributed by atoms with Gasteiger partial charge in [-0.25, -0.2) is 4.79 Å². The molecule has 3 N–H and O–H groups in total. The number of hydrogen-bond donors (Lipinski definition) is 1. The minimum Gasteiger partial charge on any atom is -0.561 e. The minimum absolute atomic E-state index is 0.0729. The first-order chi connectivity index (χ1) is 10.9. The number of carbonyl (C=O) groups excluding carboxylic acids is 2. The van der Waals surface area contributed by atoms with Crippen molar-refractivity contribution in [3.8, 4) is 5.75 Å². The van der Waals surface area contributed by atoms with Crippen LogP contribution in [0.15, 0.2) is 42.5 Å². The summed E-state index contributed by atoms with van der Waals surface area (Å²) in [7, 11) is 0. The third-order valence-corrected chi connectivity index (χ3v) is 3.04. The van der Waals surface area contributed by atoms with Crippen LogP contribution in [0.3, 0.4) is 0 Å². The molecule has 0 heterocycles. The normalized spacial score (nSPS) is 9.96. The van der Waals surface area contributed by atoms with Gasteiger partial charge >= 0.3 is 12.1 Å². The number of benzene rings is 2. The molecule has 0 spiro atoms. The van der Waals surface area contributed by atoms with Gasteiger partial charge in [-0.2, -0.15) is 0 Å². The van der Waals surface area contributed by atoms with Crippen molar-refractivity contribution in [2.45, 2.75) is 0 Å². The monoisotopic (exact) mass is 337 g/mol. The van der Waals surface area contributed by atoms with Gasteiger partial charge in [0.15, 0.2) is 0 Å². The van der Waals surface area contributed by atoms with E-state index >= 15 is 0 Å². The molecule has 0 aromatic heterocycles. The van der Waals surface area contributed by atoms with E-state index in [9.17, 15) is 19.7 Å². The van der Waals surface area contributed by atoms with Crippen molar-refractivity contribution in [1.82, 2.24) is 0 Å². The quantitative estimate of drug-likeness (QED) is 0.522. The molecule has 0 atom stereocenters. The van der Waals surface area contributed by atoms with E-state index in [0.29, 0.717) is 0 Å². The van der Waals surface area contributed by atoms with Gasteiger partial charge in [0.1, 0.15) is 11.3 Å². The molecule has 0 saturated heterocycles. The molecule has 2 rings (SSSR count). The summed E-state index contributed by atoms with van der Waals surface area (Å²) in [6.45, 7) is 0. The van der Waals surface area contributed by atoms with Crippen LogP contribution in [0.25, 0.3) is 0 Å². The fourth-order valence-electron chi connectivity index (χ4n) is 1.64. The second-order valence-corrected chi connectivity index (χ2v) is 4.70. The Balaban J connectivity index is 2.04. The highest BCUT2D eigenvalue weighted by Crippen LogP contribution is 2.24. The standard InChI is InChI=1S/C14H9ClN2O6/c15-11-7-8(13(18)19)1-6-12(11)16-14(20)23-10-4-2-9(3-5-10)17(21)22/h1-7H,(H,16,20)(H,18,19)/p+1. The molecule has 0 radical (unpaired) electrons. The van der Waals surface area contributed by atoms with Gasteiger partial charge in [-0.05, 0) is 30.3 Å². The van der Waals surface area contributed by atoms with Crippen LogP contribution in [0, 0.1) is 10.1 Å². The van der Waals surface area contributed by atoms with Crippen molar-refractivity contribution < 1.29 is 24.4 Å². The van der Waals surface area contributed by atoms with Crippen LogP contribution in [0.5, 0.6) is 5.75 Å². The largest absolute Gasteiger partial charge is 0.561 e. The first-order valence-electron chi connectivity index (χ1n) is 6.15. The van der Waals surface area contributed by atoms with Crippen molar-refractivity contribution in [3.63, 3.8) is 0 Å².